The van der Waals surface area contributed by atoms with E-state index in [2.05, 4.69) is 11.3 Å². The Kier molecular flexibility index (Phi) is 6.89. The molecule has 1 N–H and O–H groups in total. The van der Waals surface area contributed by atoms with Crippen molar-refractivity contribution in [1.29, 1.82) is 0 Å². The smallest absolute Gasteiger partial charge is 0.211 e. The van der Waals surface area contributed by atoms with Crippen LogP contribution in [0.5, 0.6) is 0 Å². The van der Waals surface area contributed by atoms with E-state index in [4.69, 9.17) is 4.74 Å². The second kappa shape index (κ2) is 7.92. The van der Waals surface area contributed by atoms with Crippen LogP contribution in [0.1, 0.15) is 39.0 Å². The molecule has 1 fully saturated rings. The van der Waals surface area contributed by atoms with Gasteiger partial charge in [0.1, 0.15) is 0 Å². The number of hydrogen-bond acceptors (Lipinski definition) is 3. The maximum Gasteiger partial charge on any atom is 0.211 e. The summed E-state index contributed by atoms with van der Waals surface area (Å²) in [6, 6.07) is 0. The van der Waals surface area contributed by atoms with Gasteiger partial charge in [0.15, 0.2) is 0 Å². The van der Waals surface area contributed by atoms with Crippen LogP contribution < -0.4 is 4.72 Å². The third-order valence-electron chi connectivity index (χ3n) is 3.10. The largest absolute Gasteiger partial charge is 0.376 e. The Morgan fingerprint density at radius 1 is 1.33 bits per heavy atom. The van der Waals surface area contributed by atoms with E-state index >= 15 is 0 Å². The van der Waals surface area contributed by atoms with Gasteiger partial charge < -0.3 is 4.74 Å². The van der Waals surface area contributed by atoms with E-state index in [0.29, 0.717) is 25.7 Å². The molecular formula is C13H25NO3S. The molecule has 1 saturated carbocycles. The molecule has 0 amide bonds. The Hall–Kier alpha value is -0.390. The number of sulfonamides is 1. The molecule has 0 saturated heterocycles. The maximum absolute atomic E-state index is 11.8. The van der Waals surface area contributed by atoms with Crippen molar-refractivity contribution in [2.75, 3.05) is 25.5 Å². The van der Waals surface area contributed by atoms with E-state index in [1.165, 1.54) is 19.3 Å². The lowest BCUT2D eigenvalue weighted by Gasteiger charge is -2.21. The lowest BCUT2D eigenvalue weighted by atomic mass is 9.91. The van der Waals surface area contributed by atoms with Crippen molar-refractivity contribution in [2.24, 2.45) is 5.92 Å². The summed E-state index contributed by atoms with van der Waals surface area (Å²) in [4.78, 5) is 0. The van der Waals surface area contributed by atoms with Crippen molar-refractivity contribution < 1.29 is 13.2 Å². The van der Waals surface area contributed by atoms with E-state index in [-0.39, 0.29) is 5.75 Å². The van der Waals surface area contributed by atoms with E-state index in [1.54, 1.807) is 0 Å². The second-order valence-corrected chi connectivity index (χ2v) is 7.04. The van der Waals surface area contributed by atoms with Crippen LogP contribution in [0, 0.1) is 5.92 Å². The van der Waals surface area contributed by atoms with Crippen LogP contribution in [0.2, 0.25) is 0 Å². The molecule has 0 aromatic carbocycles. The number of hydrogen-bond donors (Lipinski definition) is 1. The van der Waals surface area contributed by atoms with E-state index < -0.39 is 10.0 Å². The van der Waals surface area contributed by atoms with Gasteiger partial charge in [-0.25, -0.2) is 13.1 Å². The number of nitrogens with one attached hydrogen (secondary N) is 1. The first-order chi connectivity index (χ1) is 8.49. The molecule has 0 bridgehead atoms. The minimum absolute atomic E-state index is 0.271. The second-order valence-electron chi connectivity index (χ2n) is 5.19. The highest BCUT2D eigenvalue weighted by atomic mass is 32.2. The Bertz CT molecular complexity index is 345. The van der Waals surface area contributed by atoms with Crippen LogP contribution in [0.15, 0.2) is 12.2 Å². The van der Waals surface area contributed by atoms with Crippen molar-refractivity contribution >= 4 is 10.0 Å². The predicted octanol–water partition coefficient (Wildman–Crippen LogP) is 2.08. The summed E-state index contributed by atoms with van der Waals surface area (Å²) < 4.78 is 31.5. The summed E-state index contributed by atoms with van der Waals surface area (Å²) in [6.45, 7) is 6.84. The Labute approximate surface area is 111 Å². The molecule has 4 nitrogen and oxygen atoms in total. The van der Waals surface area contributed by atoms with Crippen LogP contribution in [0.4, 0.5) is 0 Å². The van der Waals surface area contributed by atoms with Gasteiger partial charge in [0, 0.05) is 6.54 Å². The number of ether oxygens (including phenoxy) is 1. The van der Waals surface area contributed by atoms with Crippen LogP contribution in [0.25, 0.3) is 0 Å². The van der Waals surface area contributed by atoms with Gasteiger partial charge in [-0.1, -0.05) is 31.4 Å². The fraction of sp³-hybridized carbons (Fsp3) is 0.846. The molecule has 5 heteroatoms. The lowest BCUT2D eigenvalue weighted by molar-refractivity contribution is 0.162. The molecule has 1 rings (SSSR count). The molecule has 1 aliphatic rings. The first-order valence-corrected chi connectivity index (χ1v) is 8.34. The fourth-order valence-electron chi connectivity index (χ4n) is 2.24. The Morgan fingerprint density at radius 2 is 2.00 bits per heavy atom. The molecule has 0 aromatic rings. The third kappa shape index (κ3) is 7.13. The van der Waals surface area contributed by atoms with Crippen molar-refractivity contribution in [2.45, 2.75) is 39.0 Å². The third-order valence-corrected chi connectivity index (χ3v) is 4.65. The highest BCUT2D eigenvalue weighted by molar-refractivity contribution is 7.89. The first-order valence-electron chi connectivity index (χ1n) is 6.69. The molecule has 0 atom stereocenters. The molecule has 0 radical (unpaired) electrons. The molecule has 18 heavy (non-hydrogen) atoms. The zero-order chi connectivity index (χ0) is 13.4. The van der Waals surface area contributed by atoms with E-state index in [0.717, 1.165) is 18.4 Å². The Balaban J connectivity index is 2.16. The minimum atomic E-state index is -3.13. The molecule has 1 aliphatic carbocycles. The van der Waals surface area contributed by atoms with E-state index in [1.807, 2.05) is 6.92 Å². The average Bonchev–Trinajstić information content (AvgIpc) is 2.28. The summed E-state index contributed by atoms with van der Waals surface area (Å²) in [5.74, 6) is 0.612. The van der Waals surface area contributed by atoms with Crippen molar-refractivity contribution in [3.05, 3.63) is 12.2 Å². The topological polar surface area (TPSA) is 55.4 Å². The van der Waals surface area contributed by atoms with Gasteiger partial charge in [0.05, 0.1) is 19.0 Å². The summed E-state index contributed by atoms with van der Waals surface area (Å²) in [7, 11) is -3.13. The fourth-order valence-corrected chi connectivity index (χ4v) is 3.70. The number of rotatable bonds is 8. The van der Waals surface area contributed by atoms with Gasteiger partial charge in [-0.05, 0) is 25.7 Å². The lowest BCUT2D eigenvalue weighted by Crippen LogP contribution is -2.33. The molecule has 0 unspecified atom stereocenters. The van der Waals surface area contributed by atoms with Gasteiger partial charge >= 0.3 is 0 Å². The summed E-state index contributed by atoms with van der Waals surface area (Å²) >= 11 is 0. The van der Waals surface area contributed by atoms with Crippen LogP contribution >= 0.6 is 0 Å². The molecule has 106 valence electrons. The van der Waals surface area contributed by atoms with Crippen molar-refractivity contribution in [1.82, 2.24) is 4.72 Å². The van der Waals surface area contributed by atoms with Crippen molar-refractivity contribution in [3.63, 3.8) is 0 Å². The SMILES string of the molecule is C=C(C)COCCNS(=O)(=O)CC1CCCCC1. The summed E-state index contributed by atoms with van der Waals surface area (Å²) in [5.41, 5.74) is 0.945. The molecule has 0 aliphatic heterocycles. The van der Waals surface area contributed by atoms with Gasteiger partial charge in [-0.2, -0.15) is 0 Å². The standard InChI is InChI=1S/C13H25NO3S/c1-12(2)10-17-9-8-14-18(15,16)11-13-6-4-3-5-7-13/h13-14H,1,3-11H2,2H3. The van der Waals surface area contributed by atoms with Crippen molar-refractivity contribution in [3.8, 4) is 0 Å². The summed E-state index contributed by atoms with van der Waals surface area (Å²) in [6.07, 6.45) is 5.68. The van der Waals surface area contributed by atoms with Gasteiger partial charge in [-0.3, -0.25) is 0 Å². The first kappa shape index (κ1) is 15.7. The van der Waals surface area contributed by atoms with Crippen LogP contribution in [-0.4, -0.2) is 33.9 Å². The quantitative estimate of drug-likeness (QED) is 0.545. The highest BCUT2D eigenvalue weighted by Crippen LogP contribution is 2.24. The summed E-state index contributed by atoms with van der Waals surface area (Å²) in [5, 5.41) is 0. The van der Waals surface area contributed by atoms with Gasteiger partial charge in [0.25, 0.3) is 0 Å². The minimum Gasteiger partial charge on any atom is -0.376 e. The van der Waals surface area contributed by atoms with Gasteiger partial charge in [0.2, 0.25) is 10.0 Å². The highest BCUT2D eigenvalue weighted by Gasteiger charge is 2.20. The zero-order valence-corrected chi connectivity index (χ0v) is 12.1. The normalized spacial score (nSPS) is 17.8. The average molecular weight is 275 g/mol. The Morgan fingerprint density at radius 3 is 2.61 bits per heavy atom. The van der Waals surface area contributed by atoms with E-state index in [9.17, 15) is 8.42 Å². The molecule has 0 heterocycles. The molecule has 0 aromatic heterocycles. The zero-order valence-electron chi connectivity index (χ0n) is 11.3. The monoisotopic (exact) mass is 275 g/mol. The van der Waals surface area contributed by atoms with Crippen LogP contribution in [-0.2, 0) is 14.8 Å². The molecule has 0 spiro atoms. The maximum atomic E-state index is 11.8. The molecular weight excluding hydrogens is 250 g/mol. The predicted molar refractivity (Wildman–Crippen MR) is 74.0 cm³/mol. The van der Waals surface area contributed by atoms with Crippen LogP contribution in [0.3, 0.4) is 0 Å². The van der Waals surface area contributed by atoms with Gasteiger partial charge in [-0.15, -0.1) is 0 Å².